The van der Waals surface area contributed by atoms with Crippen LogP contribution in [0.15, 0.2) is 6.20 Å². The molecule has 0 aliphatic carbocycles. The summed E-state index contributed by atoms with van der Waals surface area (Å²) < 4.78 is 6.11. The van der Waals surface area contributed by atoms with Gasteiger partial charge >= 0.3 is 5.97 Å². The molecule has 0 spiro atoms. The third-order valence-electron chi connectivity index (χ3n) is 3.72. The smallest absolute Gasteiger partial charge is 0.328 e. The van der Waals surface area contributed by atoms with Crippen LogP contribution in [0.3, 0.4) is 0 Å². The first-order valence-electron chi connectivity index (χ1n) is 7.62. The van der Waals surface area contributed by atoms with Crippen LogP contribution in [0.5, 0.6) is 0 Å². The molecule has 0 bridgehead atoms. The molecule has 1 aliphatic rings. The maximum absolute atomic E-state index is 12.4. The van der Waals surface area contributed by atoms with Crippen LogP contribution < -0.4 is 5.32 Å². The van der Waals surface area contributed by atoms with Crippen molar-refractivity contribution < 1.29 is 19.1 Å². The van der Waals surface area contributed by atoms with Crippen molar-refractivity contribution in [2.24, 2.45) is 0 Å². The Morgan fingerprint density at radius 2 is 2.17 bits per heavy atom. The number of carbonyl (C=O) groups is 3. The molecular weight excluding hydrogens is 302 g/mol. The van der Waals surface area contributed by atoms with Crippen LogP contribution in [0.25, 0.3) is 0 Å². The predicted octanol–water partition coefficient (Wildman–Crippen LogP) is 0.181. The fourth-order valence-electron chi connectivity index (χ4n) is 2.50. The summed E-state index contributed by atoms with van der Waals surface area (Å²) in [4.78, 5) is 37.0. The average molecular weight is 323 g/mol. The van der Waals surface area contributed by atoms with Gasteiger partial charge in [0.05, 0.1) is 13.3 Å². The topological polar surface area (TPSA) is 106 Å². The molecule has 0 saturated carbocycles. The SMILES string of the molecule is CCC(=O)Nc1cn(CC(=O)N2CCCCC2C(=O)OC)nn1. The van der Waals surface area contributed by atoms with Crippen molar-refractivity contribution in [2.75, 3.05) is 19.0 Å². The van der Waals surface area contributed by atoms with Crippen LogP contribution in [0.4, 0.5) is 5.82 Å². The van der Waals surface area contributed by atoms with E-state index in [1.807, 2.05) is 0 Å². The van der Waals surface area contributed by atoms with Gasteiger partial charge in [-0.25, -0.2) is 9.48 Å². The summed E-state index contributed by atoms with van der Waals surface area (Å²) in [5.74, 6) is -0.496. The molecule has 9 nitrogen and oxygen atoms in total. The van der Waals surface area contributed by atoms with Crippen LogP contribution in [0.1, 0.15) is 32.6 Å². The lowest BCUT2D eigenvalue weighted by molar-refractivity contribution is -0.155. The molecule has 1 unspecified atom stereocenters. The van der Waals surface area contributed by atoms with Gasteiger partial charge in [-0.05, 0) is 19.3 Å². The molecule has 1 aromatic heterocycles. The minimum Gasteiger partial charge on any atom is -0.467 e. The zero-order valence-corrected chi connectivity index (χ0v) is 13.3. The van der Waals surface area contributed by atoms with Gasteiger partial charge in [-0.2, -0.15) is 0 Å². The molecule has 0 radical (unpaired) electrons. The van der Waals surface area contributed by atoms with E-state index in [0.29, 0.717) is 25.2 Å². The van der Waals surface area contributed by atoms with Crippen LogP contribution in [-0.2, 0) is 25.7 Å². The van der Waals surface area contributed by atoms with Crippen molar-refractivity contribution in [3.63, 3.8) is 0 Å². The third-order valence-corrected chi connectivity index (χ3v) is 3.72. The van der Waals surface area contributed by atoms with E-state index < -0.39 is 12.0 Å². The fraction of sp³-hybridized carbons (Fsp3) is 0.643. The second-order valence-corrected chi connectivity index (χ2v) is 5.32. The number of esters is 1. The van der Waals surface area contributed by atoms with Crippen molar-refractivity contribution in [1.29, 1.82) is 0 Å². The van der Waals surface area contributed by atoms with E-state index in [9.17, 15) is 14.4 Å². The molecular formula is C14H21N5O4. The Balaban J connectivity index is 2.00. The standard InChI is InChI=1S/C14H21N5O4/c1-3-12(20)15-11-8-18(17-16-11)9-13(21)19-7-5-4-6-10(19)14(22)23-2/h8,10H,3-7,9H2,1-2H3,(H,15,20). The average Bonchev–Trinajstić information content (AvgIpc) is 3.00. The normalized spacial score (nSPS) is 17.7. The van der Waals surface area contributed by atoms with Crippen molar-refractivity contribution in [2.45, 2.75) is 45.2 Å². The number of nitrogens with zero attached hydrogens (tertiary/aromatic N) is 4. The molecule has 2 amide bonds. The Bertz CT molecular complexity index is 585. The highest BCUT2D eigenvalue weighted by molar-refractivity contribution is 5.89. The van der Waals surface area contributed by atoms with E-state index in [-0.39, 0.29) is 18.4 Å². The van der Waals surface area contributed by atoms with Crippen molar-refractivity contribution in [3.8, 4) is 0 Å². The summed E-state index contributed by atoms with van der Waals surface area (Å²) in [5.41, 5.74) is 0. The van der Waals surface area contributed by atoms with Gasteiger partial charge in [-0.3, -0.25) is 9.59 Å². The Morgan fingerprint density at radius 3 is 2.87 bits per heavy atom. The van der Waals surface area contributed by atoms with E-state index in [1.54, 1.807) is 6.92 Å². The third kappa shape index (κ3) is 4.27. The van der Waals surface area contributed by atoms with Gasteiger partial charge < -0.3 is 15.0 Å². The zero-order valence-electron chi connectivity index (χ0n) is 13.3. The Morgan fingerprint density at radius 1 is 1.39 bits per heavy atom. The minimum atomic E-state index is -0.538. The highest BCUT2D eigenvalue weighted by Gasteiger charge is 2.32. The first kappa shape index (κ1) is 16.9. The number of likely N-dealkylation sites (tertiary alicyclic amines) is 1. The fourth-order valence-corrected chi connectivity index (χ4v) is 2.50. The number of nitrogens with one attached hydrogen (secondary N) is 1. The number of methoxy groups -OCH3 is 1. The molecule has 1 N–H and O–H groups in total. The second-order valence-electron chi connectivity index (χ2n) is 5.32. The molecule has 126 valence electrons. The molecule has 1 aromatic rings. The molecule has 2 heterocycles. The number of carbonyl (C=O) groups excluding carboxylic acids is 3. The lowest BCUT2D eigenvalue weighted by Gasteiger charge is -2.33. The first-order valence-corrected chi connectivity index (χ1v) is 7.62. The van der Waals surface area contributed by atoms with E-state index in [2.05, 4.69) is 15.6 Å². The molecule has 0 aromatic carbocycles. The van der Waals surface area contributed by atoms with E-state index in [1.165, 1.54) is 22.9 Å². The van der Waals surface area contributed by atoms with Gasteiger partial charge in [-0.15, -0.1) is 5.10 Å². The van der Waals surface area contributed by atoms with E-state index in [4.69, 9.17) is 4.74 Å². The zero-order chi connectivity index (χ0) is 16.8. The van der Waals surface area contributed by atoms with E-state index in [0.717, 1.165) is 12.8 Å². The molecule has 2 rings (SSSR count). The van der Waals surface area contributed by atoms with Crippen molar-refractivity contribution in [1.82, 2.24) is 19.9 Å². The number of rotatable bonds is 5. The maximum Gasteiger partial charge on any atom is 0.328 e. The van der Waals surface area contributed by atoms with Crippen LogP contribution in [0.2, 0.25) is 0 Å². The van der Waals surface area contributed by atoms with Crippen LogP contribution in [-0.4, -0.2) is 57.4 Å². The maximum atomic E-state index is 12.4. The molecule has 23 heavy (non-hydrogen) atoms. The number of hydrogen-bond donors (Lipinski definition) is 1. The van der Waals surface area contributed by atoms with Gasteiger partial charge in [-0.1, -0.05) is 12.1 Å². The minimum absolute atomic E-state index is 0.0392. The van der Waals surface area contributed by atoms with Crippen LogP contribution >= 0.6 is 0 Å². The molecule has 1 fully saturated rings. The largest absolute Gasteiger partial charge is 0.467 e. The van der Waals surface area contributed by atoms with Crippen molar-refractivity contribution >= 4 is 23.6 Å². The van der Waals surface area contributed by atoms with Crippen LogP contribution in [0, 0.1) is 0 Å². The number of amides is 2. The Kier molecular flexibility index (Phi) is 5.67. The monoisotopic (exact) mass is 323 g/mol. The lowest BCUT2D eigenvalue weighted by Crippen LogP contribution is -2.49. The van der Waals surface area contributed by atoms with Gasteiger partial charge in [0.1, 0.15) is 12.6 Å². The quantitative estimate of drug-likeness (QED) is 0.775. The molecule has 9 heteroatoms. The molecule has 1 atom stereocenters. The second kappa shape index (κ2) is 7.70. The highest BCUT2D eigenvalue weighted by atomic mass is 16.5. The summed E-state index contributed by atoms with van der Waals surface area (Å²) >= 11 is 0. The van der Waals surface area contributed by atoms with Crippen molar-refractivity contribution in [3.05, 3.63) is 6.20 Å². The highest BCUT2D eigenvalue weighted by Crippen LogP contribution is 2.18. The summed E-state index contributed by atoms with van der Waals surface area (Å²) in [5, 5.41) is 10.2. The summed E-state index contributed by atoms with van der Waals surface area (Å²) in [6, 6.07) is -0.538. The summed E-state index contributed by atoms with van der Waals surface area (Å²) in [7, 11) is 1.32. The van der Waals surface area contributed by atoms with Gasteiger partial charge in [0.15, 0.2) is 5.82 Å². The van der Waals surface area contributed by atoms with E-state index >= 15 is 0 Å². The predicted molar refractivity (Wildman–Crippen MR) is 80.3 cm³/mol. The Labute approximate surface area is 134 Å². The van der Waals surface area contributed by atoms with Gasteiger partial charge in [0.2, 0.25) is 11.8 Å². The lowest BCUT2D eigenvalue weighted by atomic mass is 10.0. The summed E-state index contributed by atoms with van der Waals surface area (Å²) in [6.07, 6.45) is 4.17. The van der Waals surface area contributed by atoms with Gasteiger partial charge in [0.25, 0.3) is 0 Å². The number of hydrogen-bond acceptors (Lipinski definition) is 6. The Hall–Kier alpha value is -2.45. The number of ether oxygens (including phenoxy) is 1. The number of aromatic nitrogens is 3. The molecule has 1 aliphatic heterocycles. The number of piperidine rings is 1. The summed E-state index contributed by atoms with van der Waals surface area (Å²) in [6.45, 7) is 2.21. The molecule has 1 saturated heterocycles. The van der Waals surface area contributed by atoms with Gasteiger partial charge in [0, 0.05) is 13.0 Å². The number of anilines is 1. The first-order chi connectivity index (χ1) is 11.0.